The molecule has 13 N–H and O–H groups in total. The Balaban J connectivity index is 0.844. The maximum Gasteiger partial charge on any atom is 0.249 e. The SMILES string of the molecule is CN[C@@H]1[C@H](O)[C@H](NCO[C@@H]2C3OC4O[C@H](C)C[C@@](O)(CNCc5ccc(-c6ccccc6)cc5)[C@]4(O)OC3[C@@H](NC)[C@@H](O)[C@H]2NC)C2O[C@]3(O)C(OC2[C@H]1O)O[C@H](C)C[C@@]3(O)CNCc1ccc2ccccc2c1. The van der Waals surface area contributed by atoms with Gasteiger partial charge in [0.25, 0.3) is 0 Å². The standard InChI is InChI=1S/C54H74N6O14/c1-29-22-52(65,27-59-25-32-17-20-34-13-9-10-14-36(34)21-32)53(66)49(69-29)71-47-43(63)37(55-3)41(61)40(46(47)74-53)60-28-68-44-38(56-4)42(62)39(57-5)45-48(44)72-50-54(67,73-45)51(64,23-30(2)70-50)26-58-24-31-15-18-35(19-16-31)33-11-7-6-8-12-33/h6-21,29-30,37-50,55-67H,22-28H2,1-5H3/t29-,30-,37-,38-,39+,40+,41+,42+,43+,44+,45?,46?,47?,48?,49?,50?,51-,52-,53-,54-/m1/s1. The molecule has 2 saturated carbocycles. The third-order valence-corrected chi connectivity index (χ3v) is 16.3. The van der Waals surface area contributed by atoms with Gasteiger partial charge in [-0.15, -0.1) is 0 Å². The van der Waals surface area contributed by atoms with Gasteiger partial charge in [-0.1, -0.05) is 91.0 Å². The van der Waals surface area contributed by atoms with E-state index in [9.17, 15) is 35.7 Å². The Morgan fingerprint density at radius 3 is 1.65 bits per heavy atom. The highest BCUT2D eigenvalue weighted by molar-refractivity contribution is 5.83. The van der Waals surface area contributed by atoms with E-state index in [2.05, 4.69) is 38.0 Å². The first-order valence-corrected chi connectivity index (χ1v) is 25.8. The maximum atomic E-state index is 12.5. The molecule has 2 aliphatic carbocycles. The highest BCUT2D eigenvalue weighted by atomic mass is 16.8. The molecule has 4 saturated heterocycles. The zero-order valence-electron chi connectivity index (χ0n) is 42.4. The van der Waals surface area contributed by atoms with Crippen LogP contribution in [0.15, 0.2) is 97.1 Å². The summed E-state index contributed by atoms with van der Waals surface area (Å²) < 4.78 is 45.0. The molecular formula is C54H74N6O14. The summed E-state index contributed by atoms with van der Waals surface area (Å²) in [6, 6.07) is 28.5. The second kappa shape index (κ2) is 21.6. The minimum atomic E-state index is -2.48. The third kappa shape index (κ3) is 9.74. The van der Waals surface area contributed by atoms with Crippen molar-refractivity contribution < 1.29 is 68.9 Å². The normalized spacial score (nSPS) is 41.9. The Hall–Kier alpha value is -3.66. The van der Waals surface area contributed by atoms with E-state index in [-0.39, 0.29) is 32.7 Å². The van der Waals surface area contributed by atoms with Gasteiger partial charge in [0, 0.05) is 39.0 Å². The van der Waals surface area contributed by atoms with Crippen LogP contribution in [0.25, 0.3) is 21.9 Å². The second-order valence-electron chi connectivity index (χ2n) is 21.2. The molecular weight excluding hydrogens is 957 g/mol. The minimum Gasteiger partial charge on any atom is -0.390 e. The fourth-order valence-electron chi connectivity index (χ4n) is 12.4. The number of hydrogen-bond acceptors (Lipinski definition) is 20. The molecule has 0 bridgehead atoms. The largest absolute Gasteiger partial charge is 0.390 e. The van der Waals surface area contributed by atoms with Crippen LogP contribution in [-0.2, 0) is 46.2 Å². The summed E-state index contributed by atoms with van der Waals surface area (Å²) in [7, 11) is 4.89. The Bertz CT molecular complexity index is 2520. The fourth-order valence-corrected chi connectivity index (χ4v) is 12.4. The molecule has 10 rings (SSSR count). The monoisotopic (exact) mass is 1030 g/mol. The van der Waals surface area contributed by atoms with Crippen molar-refractivity contribution in [3.05, 3.63) is 108 Å². The molecule has 6 fully saturated rings. The van der Waals surface area contributed by atoms with Crippen molar-refractivity contribution in [1.29, 1.82) is 0 Å². The van der Waals surface area contributed by atoms with Crippen LogP contribution < -0.4 is 31.9 Å². The maximum absolute atomic E-state index is 12.5. The quantitative estimate of drug-likeness (QED) is 0.0615. The lowest BCUT2D eigenvalue weighted by molar-refractivity contribution is -0.483. The Morgan fingerprint density at radius 2 is 1.04 bits per heavy atom. The van der Waals surface area contributed by atoms with E-state index < -0.39 is 121 Å². The van der Waals surface area contributed by atoms with Crippen LogP contribution >= 0.6 is 0 Å². The number of hydrogen-bond donors (Lipinski definition) is 13. The zero-order chi connectivity index (χ0) is 52.2. The van der Waals surface area contributed by atoms with Gasteiger partial charge in [-0.25, -0.2) is 0 Å². The molecule has 74 heavy (non-hydrogen) atoms. The van der Waals surface area contributed by atoms with E-state index in [1.165, 1.54) is 0 Å². The van der Waals surface area contributed by atoms with Crippen LogP contribution in [0.2, 0.25) is 0 Å². The average molecular weight is 1030 g/mol. The van der Waals surface area contributed by atoms with E-state index in [4.69, 9.17) is 33.2 Å². The number of aliphatic hydroxyl groups is 7. The van der Waals surface area contributed by atoms with E-state index in [0.29, 0.717) is 13.1 Å². The summed E-state index contributed by atoms with van der Waals surface area (Å²) in [6.07, 6.45) is -13.7. The van der Waals surface area contributed by atoms with E-state index in [1.54, 1.807) is 35.0 Å². The number of benzene rings is 4. The molecule has 404 valence electrons. The van der Waals surface area contributed by atoms with Crippen LogP contribution in [0.1, 0.15) is 37.8 Å². The van der Waals surface area contributed by atoms with Crippen LogP contribution in [0, 0.1) is 0 Å². The van der Waals surface area contributed by atoms with Crippen LogP contribution in [-0.4, -0.2) is 197 Å². The molecule has 0 spiro atoms. The smallest absolute Gasteiger partial charge is 0.249 e. The molecule has 20 atom stereocenters. The minimum absolute atomic E-state index is 0.00329. The first-order valence-electron chi connectivity index (χ1n) is 25.8. The lowest BCUT2D eigenvalue weighted by atomic mass is 9.77. The summed E-state index contributed by atoms with van der Waals surface area (Å²) in [5.74, 6) is -4.87. The lowest BCUT2D eigenvalue weighted by Gasteiger charge is -2.61. The Labute approximate surface area is 431 Å². The summed E-state index contributed by atoms with van der Waals surface area (Å²) in [5.41, 5.74) is 0.209. The topological polar surface area (TPSA) is 278 Å². The zero-order valence-corrected chi connectivity index (χ0v) is 42.4. The molecule has 4 aliphatic heterocycles. The molecule has 20 nitrogen and oxygen atoms in total. The van der Waals surface area contributed by atoms with E-state index in [1.807, 2.05) is 91.0 Å². The number of nitrogens with one attached hydrogen (secondary N) is 6. The molecule has 4 aromatic rings. The predicted octanol–water partition coefficient (Wildman–Crippen LogP) is -0.762. The molecule has 6 aliphatic rings. The predicted molar refractivity (Wildman–Crippen MR) is 270 cm³/mol. The van der Waals surface area contributed by atoms with Gasteiger partial charge in [0.2, 0.25) is 24.2 Å². The lowest BCUT2D eigenvalue weighted by Crippen LogP contribution is -2.82. The second-order valence-corrected chi connectivity index (χ2v) is 21.2. The summed E-state index contributed by atoms with van der Waals surface area (Å²) in [6.45, 7) is 3.72. The molecule has 0 aromatic heterocycles. The first kappa shape index (κ1) is 53.7. The van der Waals surface area contributed by atoms with Crippen molar-refractivity contribution in [1.82, 2.24) is 31.9 Å². The third-order valence-electron chi connectivity index (χ3n) is 16.3. The number of likely N-dealkylation sites (N-methyl/N-ethyl adjacent to an activating group) is 3. The van der Waals surface area contributed by atoms with Gasteiger partial charge in [0.1, 0.15) is 47.8 Å². The Kier molecular flexibility index (Phi) is 15.7. The van der Waals surface area contributed by atoms with Crippen molar-refractivity contribution in [3.63, 3.8) is 0 Å². The Morgan fingerprint density at radius 1 is 0.527 bits per heavy atom. The van der Waals surface area contributed by atoms with E-state index >= 15 is 0 Å². The molecule has 4 aromatic carbocycles. The number of ether oxygens (including phenoxy) is 7. The summed E-state index contributed by atoms with van der Waals surface area (Å²) in [5, 5.41) is 107. The number of rotatable bonds is 16. The molecule has 0 amide bonds. The van der Waals surface area contributed by atoms with Gasteiger partial charge in [-0.3, -0.25) is 5.32 Å². The molecule has 20 heteroatoms. The molecule has 6 unspecified atom stereocenters. The molecule has 0 radical (unpaired) electrons. The highest BCUT2D eigenvalue weighted by Crippen LogP contribution is 2.49. The van der Waals surface area contributed by atoms with Crippen molar-refractivity contribution >= 4 is 10.8 Å². The summed E-state index contributed by atoms with van der Waals surface area (Å²) in [4.78, 5) is 0. The van der Waals surface area contributed by atoms with Gasteiger partial charge in [0.15, 0.2) is 0 Å². The van der Waals surface area contributed by atoms with E-state index in [0.717, 1.165) is 33.0 Å². The van der Waals surface area contributed by atoms with Gasteiger partial charge in [-0.05, 0) is 74.1 Å². The van der Waals surface area contributed by atoms with Gasteiger partial charge < -0.3 is 95.5 Å². The number of aliphatic hydroxyl groups excluding tert-OH is 3. The van der Waals surface area contributed by atoms with Crippen molar-refractivity contribution in [2.45, 2.75) is 160 Å². The van der Waals surface area contributed by atoms with Crippen LogP contribution in [0.5, 0.6) is 0 Å². The van der Waals surface area contributed by atoms with Gasteiger partial charge >= 0.3 is 0 Å². The summed E-state index contributed by atoms with van der Waals surface area (Å²) >= 11 is 0. The van der Waals surface area contributed by atoms with Crippen LogP contribution in [0.4, 0.5) is 0 Å². The van der Waals surface area contributed by atoms with Crippen molar-refractivity contribution in [3.8, 4) is 11.1 Å². The average Bonchev–Trinajstić information content (AvgIpc) is 3.41. The van der Waals surface area contributed by atoms with Crippen LogP contribution in [0.3, 0.4) is 0 Å². The number of fused-ring (bicyclic) bond motifs is 5. The van der Waals surface area contributed by atoms with Crippen molar-refractivity contribution in [2.75, 3.05) is 41.0 Å². The van der Waals surface area contributed by atoms with Crippen molar-refractivity contribution in [2.24, 2.45) is 0 Å². The van der Waals surface area contributed by atoms with Gasteiger partial charge in [-0.2, -0.15) is 0 Å². The fraction of sp³-hybridized carbons (Fsp3) is 0.593. The first-order chi connectivity index (χ1) is 35.5. The highest BCUT2D eigenvalue weighted by Gasteiger charge is 2.70. The molecule has 4 heterocycles. The van der Waals surface area contributed by atoms with Gasteiger partial charge in [0.05, 0.1) is 55.3 Å².